The normalized spacial score (nSPS) is 19.5. The quantitative estimate of drug-likeness (QED) is 0.539. The largest absolute Gasteiger partial charge is 0.115 e. The molecule has 0 heterocycles. The lowest BCUT2D eigenvalue weighted by molar-refractivity contribution is 0.376. The van der Waals surface area contributed by atoms with Crippen LogP contribution < -0.4 is 0 Å². The van der Waals surface area contributed by atoms with Crippen molar-refractivity contribution in [2.24, 2.45) is 11.8 Å². The molecule has 0 aromatic rings. The van der Waals surface area contributed by atoms with E-state index < -0.39 is 0 Å². The summed E-state index contributed by atoms with van der Waals surface area (Å²) in [6.07, 6.45) is 1.36. The van der Waals surface area contributed by atoms with Gasteiger partial charge in [-0.3, -0.25) is 0 Å². The van der Waals surface area contributed by atoms with Crippen molar-refractivity contribution < 1.29 is 0 Å². The first kappa shape index (κ1) is 11.1. The molecule has 0 aliphatic rings. The van der Waals surface area contributed by atoms with Gasteiger partial charge in [-0.2, -0.15) is 0 Å². The zero-order chi connectivity index (χ0) is 9.07. The number of hydrogen-bond acceptors (Lipinski definition) is 0. The minimum atomic E-state index is 0.545. The highest BCUT2D eigenvalue weighted by Gasteiger charge is 2.20. The van der Waals surface area contributed by atoms with Gasteiger partial charge in [0.2, 0.25) is 0 Å². The highest BCUT2D eigenvalue weighted by atomic mass is 14.2. The van der Waals surface area contributed by atoms with E-state index in [1.807, 2.05) is 0 Å². The number of rotatable bonds is 4. The van der Waals surface area contributed by atoms with Gasteiger partial charge in [-0.05, 0) is 11.8 Å². The van der Waals surface area contributed by atoms with Crippen LogP contribution in [0.5, 0.6) is 0 Å². The van der Waals surface area contributed by atoms with Crippen LogP contribution in [-0.2, 0) is 0 Å². The van der Waals surface area contributed by atoms with E-state index in [4.69, 9.17) is 0 Å². The van der Waals surface area contributed by atoms with Crippen molar-refractivity contribution in [2.45, 2.75) is 46.2 Å². The molecule has 2 heteroatoms. The van der Waals surface area contributed by atoms with Crippen LogP contribution >= 0.6 is 0 Å². The van der Waals surface area contributed by atoms with Gasteiger partial charge in [-0.1, -0.05) is 46.2 Å². The summed E-state index contributed by atoms with van der Waals surface area (Å²) in [5.41, 5.74) is 0. The predicted octanol–water partition coefficient (Wildman–Crippen LogP) is 1.92. The van der Waals surface area contributed by atoms with E-state index in [1.54, 1.807) is 0 Å². The fourth-order valence-electron chi connectivity index (χ4n) is 1.25. The molecule has 0 amide bonds. The van der Waals surface area contributed by atoms with Gasteiger partial charge in [0.05, 0.1) is 7.85 Å². The maximum absolute atomic E-state index is 2.37. The van der Waals surface area contributed by atoms with Gasteiger partial charge >= 0.3 is 0 Å². The molecule has 0 bridgehead atoms. The van der Waals surface area contributed by atoms with Crippen molar-refractivity contribution in [1.29, 1.82) is 0 Å². The SMILES string of the molecule is BC(C)(BC)CC(C)C(C)C. The summed E-state index contributed by atoms with van der Waals surface area (Å²) in [6.45, 7) is 11.6. The minimum absolute atomic E-state index is 0.545. The molecule has 0 rings (SSSR count). The highest BCUT2D eigenvalue weighted by molar-refractivity contribution is 6.52. The molecule has 0 aromatic heterocycles. The van der Waals surface area contributed by atoms with Gasteiger partial charge < -0.3 is 0 Å². The lowest BCUT2D eigenvalue weighted by atomic mass is 9.42. The Labute approximate surface area is 73.8 Å². The third kappa shape index (κ3) is 4.55. The van der Waals surface area contributed by atoms with Crippen LogP contribution in [0.1, 0.15) is 34.1 Å². The van der Waals surface area contributed by atoms with Gasteiger partial charge in [0.15, 0.2) is 0 Å². The van der Waals surface area contributed by atoms with E-state index >= 15 is 0 Å². The van der Waals surface area contributed by atoms with Crippen LogP contribution in [-0.4, -0.2) is 15.1 Å². The van der Waals surface area contributed by atoms with Crippen molar-refractivity contribution in [3.05, 3.63) is 0 Å². The Morgan fingerprint density at radius 1 is 1.36 bits per heavy atom. The second kappa shape index (κ2) is 4.23. The van der Waals surface area contributed by atoms with E-state index in [2.05, 4.69) is 42.4 Å². The molecule has 2 atom stereocenters. The first-order valence-corrected chi connectivity index (χ1v) is 4.89. The topological polar surface area (TPSA) is 0 Å². The Morgan fingerprint density at radius 3 is 2.09 bits per heavy atom. The Morgan fingerprint density at radius 2 is 1.82 bits per heavy atom. The van der Waals surface area contributed by atoms with Crippen molar-refractivity contribution in [2.75, 3.05) is 0 Å². The molecule has 0 spiro atoms. The molecule has 0 aromatic carbocycles. The van der Waals surface area contributed by atoms with Gasteiger partial charge in [-0.15, -0.1) is 0 Å². The molecule has 0 nitrogen and oxygen atoms in total. The Bertz CT molecular complexity index is 108. The Kier molecular flexibility index (Phi) is 4.28. The first-order valence-electron chi connectivity index (χ1n) is 4.89. The monoisotopic (exact) mass is 152 g/mol. The maximum atomic E-state index is 2.37. The molecule has 0 saturated heterocycles. The molecule has 0 aliphatic carbocycles. The van der Waals surface area contributed by atoms with Gasteiger partial charge in [0.25, 0.3) is 0 Å². The molecular weight excluding hydrogens is 130 g/mol. The Hall–Kier alpha value is 0.130. The fourth-order valence-corrected chi connectivity index (χ4v) is 1.25. The molecular formula is C9H22B2. The fraction of sp³-hybridized carbons (Fsp3) is 1.00. The van der Waals surface area contributed by atoms with Crippen LogP contribution in [0.3, 0.4) is 0 Å². The van der Waals surface area contributed by atoms with E-state index in [-0.39, 0.29) is 0 Å². The average Bonchev–Trinajstić information content (AvgIpc) is 1.87. The minimum Gasteiger partial charge on any atom is -0.0895 e. The maximum Gasteiger partial charge on any atom is 0.115 e. The summed E-state index contributed by atoms with van der Waals surface area (Å²) >= 11 is 0. The van der Waals surface area contributed by atoms with E-state index in [0.29, 0.717) is 5.21 Å². The molecule has 64 valence electrons. The first-order chi connectivity index (χ1) is 4.89. The Balaban J connectivity index is 3.83. The van der Waals surface area contributed by atoms with Crippen LogP contribution in [0.2, 0.25) is 12.0 Å². The van der Waals surface area contributed by atoms with Crippen molar-refractivity contribution in [1.82, 2.24) is 0 Å². The average molecular weight is 152 g/mol. The van der Waals surface area contributed by atoms with E-state index in [1.165, 1.54) is 13.7 Å². The summed E-state index contributed by atoms with van der Waals surface area (Å²) in [5, 5.41) is 0.545. The lowest BCUT2D eigenvalue weighted by Crippen LogP contribution is -2.20. The molecule has 0 N–H and O–H groups in total. The second-order valence-electron chi connectivity index (χ2n) is 4.94. The van der Waals surface area contributed by atoms with Crippen molar-refractivity contribution in [3.63, 3.8) is 0 Å². The highest BCUT2D eigenvalue weighted by Crippen LogP contribution is 2.31. The van der Waals surface area contributed by atoms with E-state index in [9.17, 15) is 0 Å². The van der Waals surface area contributed by atoms with Crippen molar-refractivity contribution in [3.8, 4) is 0 Å². The van der Waals surface area contributed by atoms with Crippen LogP contribution in [0, 0.1) is 11.8 Å². The third-order valence-corrected chi connectivity index (χ3v) is 2.97. The molecule has 11 heavy (non-hydrogen) atoms. The predicted molar refractivity (Wildman–Crippen MR) is 58.5 cm³/mol. The molecule has 0 fully saturated rings. The number of hydrogen-bond donors (Lipinski definition) is 0. The summed E-state index contributed by atoms with van der Waals surface area (Å²) in [5.74, 6) is 1.70. The van der Waals surface area contributed by atoms with Crippen LogP contribution in [0.4, 0.5) is 0 Å². The summed E-state index contributed by atoms with van der Waals surface area (Å²) in [4.78, 5) is 0. The summed E-state index contributed by atoms with van der Waals surface area (Å²) < 4.78 is 0. The van der Waals surface area contributed by atoms with E-state index in [0.717, 1.165) is 11.8 Å². The summed E-state index contributed by atoms with van der Waals surface area (Å²) in [7, 11) is 3.66. The molecule has 0 aliphatic heterocycles. The van der Waals surface area contributed by atoms with Gasteiger partial charge in [0.1, 0.15) is 7.28 Å². The van der Waals surface area contributed by atoms with Crippen LogP contribution in [0.25, 0.3) is 0 Å². The molecule has 2 unspecified atom stereocenters. The molecule has 0 radical (unpaired) electrons. The third-order valence-electron chi connectivity index (χ3n) is 2.97. The lowest BCUT2D eigenvalue weighted by Gasteiger charge is -2.28. The second-order valence-corrected chi connectivity index (χ2v) is 4.94. The van der Waals surface area contributed by atoms with Gasteiger partial charge in [-0.25, -0.2) is 0 Å². The standard InChI is InChI=1S/C9H22B2/c1-7(2)8(3)6-9(4,10)11-5/h7-8,11H,6,10H2,1-5H3. The molecule has 0 saturated carbocycles. The smallest absolute Gasteiger partial charge is 0.0895 e. The zero-order valence-corrected chi connectivity index (χ0v) is 9.07. The van der Waals surface area contributed by atoms with Gasteiger partial charge in [0, 0.05) is 0 Å². The summed E-state index contributed by atoms with van der Waals surface area (Å²) in [6, 6.07) is 0. The zero-order valence-electron chi connectivity index (χ0n) is 9.07. The van der Waals surface area contributed by atoms with Crippen molar-refractivity contribution >= 4 is 15.1 Å². The van der Waals surface area contributed by atoms with Crippen LogP contribution in [0.15, 0.2) is 0 Å².